The van der Waals surface area contributed by atoms with E-state index in [0.717, 1.165) is 0 Å². The Morgan fingerprint density at radius 1 is 1.17 bits per heavy atom. The van der Waals surface area contributed by atoms with E-state index in [2.05, 4.69) is 4.98 Å². The molecule has 0 aliphatic rings. The summed E-state index contributed by atoms with van der Waals surface area (Å²) in [7, 11) is 0. The number of aromatic nitrogens is 1. The van der Waals surface area contributed by atoms with Gasteiger partial charge in [-0.3, -0.25) is 10.1 Å². The molecule has 0 atom stereocenters. The van der Waals surface area contributed by atoms with Crippen LogP contribution in [0.25, 0.3) is 22.2 Å². The third-order valence-electron chi connectivity index (χ3n) is 3.59. The molecule has 24 heavy (non-hydrogen) atoms. The van der Waals surface area contributed by atoms with Crippen LogP contribution in [0.2, 0.25) is 0 Å². The molecular formula is C18H14N2O4. The summed E-state index contributed by atoms with van der Waals surface area (Å²) in [5, 5.41) is 11.5. The van der Waals surface area contributed by atoms with E-state index in [0.29, 0.717) is 27.7 Å². The highest BCUT2D eigenvalue weighted by Gasteiger charge is 2.15. The van der Waals surface area contributed by atoms with Crippen LogP contribution in [0.3, 0.4) is 0 Å². The maximum absolute atomic E-state index is 12.2. The largest absolute Gasteiger partial charge is 0.462 e. The van der Waals surface area contributed by atoms with Gasteiger partial charge in [0.25, 0.3) is 5.69 Å². The molecule has 1 heterocycles. The summed E-state index contributed by atoms with van der Waals surface area (Å²) in [6.45, 7) is 2.03. The van der Waals surface area contributed by atoms with Crippen molar-refractivity contribution in [3.63, 3.8) is 0 Å². The topological polar surface area (TPSA) is 82.3 Å². The second kappa shape index (κ2) is 6.45. The molecule has 3 aromatic rings. The Balaban J connectivity index is 2.14. The maximum Gasteiger partial charge on any atom is 0.338 e. The number of para-hydroxylation sites is 1. The number of hydrogen-bond acceptors (Lipinski definition) is 5. The van der Waals surface area contributed by atoms with Gasteiger partial charge in [-0.05, 0) is 31.2 Å². The maximum atomic E-state index is 12.2. The minimum absolute atomic E-state index is 0.00477. The van der Waals surface area contributed by atoms with Crippen molar-refractivity contribution in [2.75, 3.05) is 6.61 Å². The lowest BCUT2D eigenvalue weighted by atomic mass is 10.0. The number of carbonyl (C=O) groups excluding carboxylic acids is 1. The van der Waals surface area contributed by atoms with Gasteiger partial charge < -0.3 is 4.74 Å². The molecule has 120 valence electrons. The number of non-ortho nitro benzene ring substituents is 1. The molecule has 0 fully saturated rings. The first-order chi connectivity index (χ1) is 11.6. The Labute approximate surface area is 137 Å². The number of rotatable bonds is 4. The fraction of sp³-hybridized carbons (Fsp3) is 0.111. The number of nitrogens with zero attached hydrogens (tertiary/aromatic N) is 2. The van der Waals surface area contributed by atoms with Crippen LogP contribution in [-0.4, -0.2) is 22.5 Å². The minimum atomic E-state index is -0.457. The summed E-state index contributed by atoms with van der Waals surface area (Å²) >= 11 is 0. The normalized spacial score (nSPS) is 10.5. The predicted octanol–water partition coefficient (Wildman–Crippen LogP) is 3.99. The van der Waals surface area contributed by atoms with Gasteiger partial charge in [0, 0.05) is 23.1 Å². The Kier molecular flexibility index (Phi) is 4.20. The summed E-state index contributed by atoms with van der Waals surface area (Å²) < 4.78 is 5.12. The molecule has 0 saturated carbocycles. The number of hydrogen-bond donors (Lipinski definition) is 0. The van der Waals surface area contributed by atoms with Crippen LogP contribution >= 0.6 is 0 Å². The molecule has 1 aromatic heterocycles. The molecule has 0 radical (unpaired) electrons. The molecule has 2 aromatic carbocycles. The zero-order chi connectivity index (χ0) is 17.1. The van der Waals surface area contributed by atoms with E-state index >= 15 is 0 Å². The molecule has 0 spiro atoms. The molecule has 6 heteroatoms. The molecule has 0 N–H and O–H groups in total. The van der Waals surface area contributed by atoms with Gasteiger partial charge >= 0.3 is 5.97 Å². The van der Waals surface area contributed by atoms with Crippen LogP contribution in [0.5, 0.6) is 0 Å². The predicted molar refractivity (Wildman–Crippen MR) is 89.8 cm³/mol. The standard InChI is InChI=1S/C18H14N2O4/c1-2-24-18(21)15-11-17(19-16-6-4-3-5-14(15)16)12-7-9-13(10-8-12)20(22)23/h3-11H,2H2,1H3. The Hall–Kier alpha value is -3.28. The lowest BCUT2D eigenvalue weighted by Crippen LogP contribution is -2.06. The molecule has 0 aliphatic carbocycles. The van der Waals surface area contributed by atoms with Crippen molar-refractivity contribution in [2.24, 2.45) is 0 Å². The number of nitro groups is 1. The van der Waals surface area contributed by atoms with Crippen LogP contribution in [0, 0.1) is 10.1 Å². The number of carbonyl (C=O) groups is 1. The monoisotopic (exact) mass is 322 g/mol. The van der Waals surface area contributed by atoms with E-state index in [9.17, 15) is 14.9 Å². The molecule has 0 amide bonds. The van der Waals surface area contributed by atoms with E-state index in [1.54, 1.807) is 25.1 Å². The highest BCUT2D eigenvalue weighted by molar-refractivity contribution is 6.04. The van der Waals surface area contributed by atoms with E-state index in [1.807, 2.05) is 24.3 Å². The number of nitro benzene ring substituents is 1. The number of pyridine rings is 1. The first-order valence-electron chi connectivity index (χ1n) is 7.42. The van der Waals surface area contributed by atoms with Gasteiger partial charge in [0.1, 0.15) is 0 Å². The summed E-state index contributed by atoms with van der Waals surface area (Å²) in [5.74, 6) is -0.417. The Morgan fingerprint density at radius 3 is 2.54 bits per heavy atom. The lowest BCUT2D eigenvalue weighted by molar-refractivity contribution is -0.384. The van der Waals surface area contributed by atoms with Crippen LogP contribution in [0.4, 0.5) is 5.69 Å². The van der Waals surface area contributed by atoms with Gasteiger partial charge in [-0.25, -0.2) is 9.78 Å². The van der Waals surface area contributed by atoms with E-state index in [4.69, 9.17) is 4.74 Å². The molecule has 0 saturated heterocycles. The number of benzene rings is 2. The third-order valence-corrected chi connectivity index (χ3v) is 3.59. The average molecular weight is 322 g/mol. The Bertz CT molecular complexity index is 920. The summed E-state index contributed by atoms with van der Waals surface area (Å²) in [6.07, 6.45) is 0. The molecule has 0 aliphatic heterocycles. The van der Waals surface area contributed by atoms with Crippen molar-refractivity contribution in [2.45, 2.75) is 6.92 Å². The molecule has 0 bridgehead atoms. The van der Waals surface area contributed by atoms with Crippen LogP contribution in [-0.2, 0) is 4.74 Å². The van der Waals surface area contributed by atoms with Crippen LogP contribution in [0.15, 0.2) is 54.6 Å². The van der Waals surface area contributed by atoms with Gasteiger partial charge in [0.2, 0.25) is 0 Å². The van der Waals surface area contributed by atoms with Crippen molar-refractivity contribution in [1.82, 2.24) is 4.98 Å². The average Bonchev–Trinajstić information content (AvgIpc) is 2.61. The molecular weight excluding hydrogens is 308 g/mol. The first kappa shape index (κ1) is 15.6. The van der Waals surface area contributed by atoms with Crippen molar-refractivity contribution in [1.29, 1.82) is 0 Å². The first-order valence-corrected chi connectivity index (χ1v) is 7.42. The summed E-state index contributed by atoms with van der Waals surface area (Å²) in [5.41, 5.74) is 2.35. The smallest absolute Gasteiger partial charge is 0.338 e. The van der Waals surface area contributed by atoms with Crippen molar-refractivity contribution >= 4 is 22.6 Å². The second-order valence-electron chi connectivity index (χ2n) is 5.10. The van der Waals surface area contributed by atoms with Gasteiger partial charge in [-0.2, -0.15) is 0 Å². The summed E-state index contributed by atoms with van der Waals surface area (Å²) in [4.78, 5) is 27.1. The van der Waals surface area contributed by atoms with E-state index in [-0.39, 0.29) is 12.3 Å². The van der Waals surface area contributed by atoms with Gasteiger partial charge in [0.15, 0.2) is 0 Å². The molecule has 3 rings (SSSR count). The highest BCUT2D eigenvalue weighted by atomic mass is 16.6. The second-order valence-corrected chi connectivity index (χ2v) is 5.10. The highest BCUT2D eigenvalue weighted by Crippen LogP contribution is 2.26. The van der Waals surface area contributed by atoms with Crippen molar-refractivity contribution < 1.29 is 14.5 Å². The van der Waals surface area contributed by atoms with Gasteiger partial charge in [-0.15, -0.1) is 0 Å². The van der Waals surface area contributed by atoms with Crippen molar-refractivity contribution in [3.8, 4) is 11.3 Å². The Morgan fingerprint density at radius 2 is 1.88 bits per heavy atom. The number of esters is 1. The fourth-order valence-corrected chi connectivity index (χ4v) is 2.45. The van der Waals surface area contributed by atoms with Crippen LogP contribution < -0.4 is 0 Å². The zero-order valence-corrected chi connectivity index (χ0v) is 12.9. The minimum Gasteiger partial charge on any atom is -0.462 e. The van der Waals surface area contributed by atoms with E-state index in [1.165, 1.54) is 12.1 Å². The summed E-state index contributed by atoms with van der Waals surface area (Å²) in [6, 6.07) is 15.0. The van der Waals surface area contributed by atoms with Crippen LogP contribution in [0.1, 0.15) is 17.3 Å². The number of ether oxygens (including phenoxy) is 1. The quantitative estimate of drug-likeness (QED) is 0.412. The zero-order valence-electron chi connectivity index (χ0n) is 12.9. The van der Waals surface area contributed by atoms with E-state index < -0.39 is 10.9 Å². The number of fused-ring (bicyclic) bond motifs is 1. The SMILES string of the molecule is CCOC(=O)c1cc(-c2ccc([N+](=O)[O-])cc2)nc2ccccc12. The van der Waals surface area contributed by atoms with Crippen molar-refractivity contribution in [3.05, 3.63) is 70.3 Å². The lowest BCUT2D eigenvalue weighted by Gasteiger charge is -2.09. The molecule has 6 nitrogen and oxygen atoms in total. The van der Waals surface area contributed by atoms with Gasteiger partial charge in [0.05, 0.1) is 28.3 Å². The fourth-order valence-electron chi connectivity index (χ4n) is 2.45. The van der Waals surface area contributed by atoms with Gasteiger partial charge in [-0.1, -0.05) is 18.2 Å². The molecule has 0 unspecified atom stereocenters. The third kappa shape index (κ3) is 2.94.